The van der Waals surface area contributed by atoms with Crippen LogP contribution in [0, 0.1) is 0 Å². The Morgan fingerprint density at radius 1 is 1.36 bits per heavy atom. The van der Waals surface area contributed by atoms with Gasteiger partial charge in [-0.3, -0.25) is 9.79 Å². The van der Waals surface area contributed by atoms with Gasteiger partial charge in [-0.15, -0.1) is 0 Å². The van der Waals surface area contributed by atoms with Gasteiger partial charge in [0.15, 0.2) is 16.6 Å². The van der Waals surface area contributed by atoms with Crippen LogP contribution in [0.2, 0.25) is 0 Å². The number of thioether (sulfide) groups is 1. The molecule has 130 valence electrons. The molecule has 0 fully saturated rings. The van der Waals surface area contributed by atoms with Crippen molar-refractivity contribution in [1.82, 2.24) is 15.2 Å². The van der Waals surface area contributed by atoms with E-state index in [9.17, 15) is 4.79 Å². The first-order chi connectivity index (χ1) is 12.3. The first-order valence-electron chi connectivity index (χ1n) is 8.58. The van der Waals surface area contributed by atoms with E-state index in [4.69, 9.17) is 4.42 Å². The van der Waals surface area contributed by atoms with Gasteiger partial charge in [0.25, 0.3) is 0 Å². The van der Waals surface area contributed by atoms with Gasteiger partial charge in [0.2, 0.25) is 5.91 Å². The molecule has 1 N–H and O–H groups in total. The predicted molar refractivity (Wildman–Crippen MR) is 99.3 cm³/mol. The number of amidine groups is 1. The zero-order chi connectivity index (χ0) is 17.1. The van der Waals surface area contributed by atoms with E-state index in [0.29, 0.717) is 13.0 Å². The number of fused-ring (bicyclic) bond motifs is 2. The van der Waals surface area contributed by atoms with Gasteiger partial charge in [0.05, 0.1) is 6.42 Å². The SMILES string of the molecule is O=C(CC1=CSC2=NCCCN12)NCCCc1nc2ccccc2o1. The Morgan fingerprint density at radius 3 is 3.20 bits per heavy atom. The summed E-state index contributed by atoms with van der Waals surface area (Å²) in [5, 5.41) is 6.06. The number of benzene rings is 1. The van der Waals surface area contributed by atoms with Gasteiger partial charge in [-0.25, -0.2) is 4.98 Å². The molecule has 0 spiro atoms. The number of nitrogens with one attached hydrogen (secondary N) is 1. The average molecular weight is 356 g/mol. The largest absolute Gasteiger partial charge is 0.441 e. The van der Waals surface area contributed by atoms with Crippen molar-refractivity contribution in [2.45, 2.75) is 25.7 Å². The molecule has 0 saturated heterocycles. The first kappa shape index (κ1) is 16.2. The molecule has 1 aromatic carbocycles. The van der Waals surface area contributed by atoms with Crippen LogP contribution < -0.4 is 5.32 Å². The molecule has 3 heterocycles. The van der Waals surface area contributed by atoms with Crippen molar-refractivity contribution in [2.75, 3.05) is 19.6 Å². The van der Waals surface area contributed by atoms with Crippen LogP contribution >= 0.6 is 11.8 Å². The van der Waals surface area contributed by atoms with Crippen LogP contribution in [0.4, 0.5) is 0 Å². The molecule has 0 atom stereocenters. The fourth-order valence-corrected chi connectivity index (χ4v) is 3.95. The number of rotatable bonds is 6. The third-order valence-corrected chi connectivity index (χ3v) is 5.18. The van der Waals surface area contributed by atoms with Crippen LogP contribution in [-0.2, 0) is 11.2 Å². The second-order valence-corrected chi connectivity index (χ2v) is 6.94. The Kier molecular flexibility index (Phi) is 4.74. The molecule has 4 rings (SSSR count). The average Bonchev–Trinajstić information content (AvgIpc) is 3.23. The number of oxazole rings is 1. The van der Waals surface area contributed by atoms with Crippen molar-refractivity contribution in [3.63, 3.8) is 0 Å². The van der Waals surface area contributed by atoms with Crippen molar-refractivity contribution >= 4 is 33.9 Å². The van der Waals surface area contributed by atoms with Gasteiger partial charge in [0.1, 0.15) is 5.52 Å². The van der Waals surface area contributed by atoms with Gasteiger partial charge in [0, 0.05) is 31.8 Å². The maximum atomic E-state index is 12.2. The molecule has 7 heteroatoms. The van der Waals surface area contributed by atoms with Gasteiger partial charge in [-0.1, -0.05) is 23.9 Å². The summed E-state index contributed by atoms with van der Waals surface area (Å²) >= 11 is 1.62. The van der Waals surface area contributed by atoms with Crippen LogP contribution in [0.5, 0.6) is 0 Å². The molecule has 2 aliphatic heterocycles. The Morgan fingerprint density at radius 2 is 2.28 bits per heavy atom. The van der Waals surface area contributed by atoms with Crippen LogP contribution in [0.15, 0.2) is 44.8 Å². The molecule has 0 aliphatic carbocycles. The lowest BCUT2D eigenvalue weighted by molar-refractivity contribution is -0.120. The molecule has 0 saturated carbocycles. The highest BCUT2D eigenvalue weighted by molar-refractivity contribution is 8.16. The number of hydrogen-bond donors (Lipinski definition) is 1. The first-order valence-corrected chi connectivity index (χ1v) is 9.46. The van der Waals surface area contributed by atoms with Crippen molar-refractivity contribution in [3.05, 3.63) is 41.3 Å². The fraction of sp³-hybridized carbons (Fsp3) is 0.389. The highest BCUT2D eigenvalue weighted by Crippen LogP contribution is 2.30. The number of para-hydroxylation sites is 2. The molecule has 1 aromatic heterocycles. The minimum Gasteiger partial charge on any atom is -0.441 e. The predicted octanol–water partition coefficient (Wildman–Crippen LogP) is 2.92. The molecule has 1 amide bonds. The molecule has 2 aliphatic rings. The number of nitrogens with zero attached hydrogens (tertiary/aromatic N) is 3. The van der Waals surface area contributed by atoms with Crippen molar-refractivity contribution in [2.24, 2.45) is 4.99 Å². The van der Waals surface area contributed by atoms with Crippen LogP contribution in [-0.4, -0.2) is 40.6 Å². The van der Waals surface area contributed by atoms with Crippen molar-refractivity contribution in [3.8, 4) is 0 Å². The zero-order valence-electron chi connectivity index (χ0n) is 13.9. The summed E-state index contributed by atoms with van der Waals surface area (Å²) in [7, 11) is 0. The lowest BCUT2D eigenvalue weighted by Gasteiger charge is -2.25. The van der Waals surface area contributed by atoms with Gasteiger partial charge in [-0.05, 0) is 30.4 Å². The van der Waals surface area contributed by atoms with Crippen LogP contribution in [0.3, 0.4) is 0 Å². The number of carbonyl (C=O) groups excluding carboxylic acids is 1. The highest BCUT2D eigenvalue weighted by atomic mass is 32.2. The summed E-state index contributed by atoms with van der Waals surface area (Å²) in [5.41, 5.74) is 2.75. The second kappa shape index (κ2) is 7.31. The molecule has 0 bridgehead atoms. The van der Waals surface area contributed by atoms with E-state index in [1.54, 1.807) is 11.8 Å². The number of aryl methyl sites for hydroxylation is 1. The van der Waals surface area contributed by atoms with Crippen molar-refractivity contribution < 1.29 is 9.21 Å². The van der Waals surface area contributed by atoms with Gasteiger partial charge < -0.3 is 14.6 Å². The molecular formula is C18H20N4O2S. The summed E-state index contributed by atoms with van der Waals surface area (Å²) in [4.78, 5) is 23.2. The number of carbonyl (C=O) groups is 1. The molecular weight excluding hydrogens is 336 g/mol. The van der Waals surface area contributed by atoms with E-state index < -0.39 is 0 Å². The fourth-order valence-electron chi connectivity index (χ4n) is 2.99. The molecule has 2 aromatic rings. The number of hydrogen-bond acceptors (Lipinski definition) is 6. The lowest BCUT2D eigenvalue weighted by atomic mass is 10.2. The van der Waals surface area contributed by atoms with Gasteiger partial charge in [-0.2, -0.15) is 0 Å². The minimum atomic E-state index is 0.0521. The number of aromatic nitrogens is 1. The van der Waals surface area contributed by atoms with E-state index in [1.807, 2.05) is 29.7 Å². The summed E-state index contributed by atoms with van der Waals surface area (Å²) < 4.78 is 5.69. The maximum absolute atomic E-state index is 12.2. The van der Waals surface area contributed by atoms with E-state index in [2.05, 4.69) is 20.2 Å². The summed E-state index contributed by atoms with van der Waals surface area (Å²) in [6.07, 6.45) is 2.99. The third-order valence-electron chi connectivity index (χ3n) is 4.23. The topological polar surface area (TPSA) is 70.7 Å². The molecule has 0 unspecified atom stereocenters. The van der Waals surface area contributed by atoms with Gasteiger partial charge >= 0.3 is 0 Å². The molecule has 6 nitrogen and oxygen atoms in total. The second-order valence-electron chi connectivity index (χ2n) is 6.10. The van der Waals surface area contributed by atoms with Crippen LogP contribution in [0.25, 0.3) is 11.1 Å². The third kappa shape index (κ3) is 3.71. The number of amides is 1. The Balaban J connectivity index is 1.21. The summed E-state index contributed by atoms with van der Waals surface area (Å²) in [6, 6.07) is 7.74. The standard InChI is InChI=1S/C18H20N4O2S/c23-16(11-13-12-25-18-20-9-4-10-22(13)18)19-8-3-7-17-21-14-5-1-2-6-15(14)24-17/h1-2,5-6,12H,3-4,7-11H2,(H,19,23). The normalized spacial score (nSPS) is 16.6. The Bertz CT molecular complexity index is 809. The van der Waals surface area contributed by atoms with Crippen LogP contribution in [0.1, 0.15) is 25.2 Å². The van der Waals surface area contributed by atoms with Crippen molar-refractivity contribution in [1.29, 1.82) is 0 Å². The Labute approximate surface area is 150 Å². The highest BCUT2D eigenvalue weighted by Gasteiger charge is 2.25. The smallest absolute Gasteiger partial charge is 0.225 e. The minimum absolute atomic E-state index is 0.0521. The summed E-state index contributed by atoms with van der Waals surface area (Å²) in [6.45, 7) is 2.48. The zero-order valence-corrected chi connectivity index (χ0v) is 14.7. The molecule has 0 radical (unpaired) electrons. The van der Waals surface area contributed by atoms with E-state index in [0.717, 1.165) is 60.2 Å². The quantitative estimate of drug-likeness (QED) is 0.806. The molecule has 25 heavy (non-hydrogen) atoms. The number of aliphatic imine (C=N–C) groups is 1. The summed E-state index contributed by atoms with van der Waals surface area (Å²) in [5.74, 6) is 0.774. The lowest BCUT2D eigenvalue weighted by Crippen LogP contribution is -2.33. The Hall–Kier alpha value is -2.28. The maximum Gasteiger partial charge on any atom is 0.225 e. The van der Waals surface area contributed by atoms with E-state index in [1.165, 1.54) is 0 Å². The van der Waals surface area contributed by atoms with E-state index in [-0.39, 0.29) is 5.91 Å². The monoisotopic (exact) mass is 356 g/mol. The van der Waals surface area contributed by atoms with E-state index >= 15 is 0 Å².